The number of carbonyl (C=O) groups excluding carboxylic acids is 1. The van der Waals surface area contributed by atoms with Crippen LogP contribution in [0.1, 0.15) is 11.1 Å². The minimum Gasteiger partial charge on any atom is -0.496 e. The smallest absolute Gasteiger partial charge is 0.255 e. The van der Waals surface area contributed by atoms with Crippen molar-refractivity contribution < 1.29 is 27.8 Å². The molecule has 0 saturated heterocycles. The lowest BCUT2D eigenvalue weighted by Crippen LogP contribution is -2.20. The minimum absolute atomic E-state index is 0.222. The summed E-state index contributed by atoms with van der Waals surface area (Å²) in [7, 11) is 2.94. The number of aromatic nitrogens is 2. The molecular weight excluding hydrogens is 458 g/mol. The standard InChI is InChI=1S/C25H24F2N4O4/c1-13-7-16(27)8-14(2)23(13)30-25-24(29-21-6-5-15(26)11-31(21)25)22-18(34-4)9-17(33-3)10-19(22)35-12-20(28)32/h5-11,30H,12H2,1-4H3,(H2,28,32). The third kappa shape index (κ3) is 4.68. The van der Waals surface area contributed by atoms with Gasteiger partial charge < -0.3 is 25.3 Å². The number of ether oxygens (including phenoxy) is 3. The zero-order valence-corrected chi connectivity index (χ0v) is 19.6. The summed E-state index contributed by atoms with van der Waals surface area (Å²) in [5, 5.41) is 3.29. The van der Waals surface area contributed by atoms with Crippen LogP contribution in [0.2, 0.25) is 0 Å². The molecule has 2 aromatic heterocycles. The molecular formula is C25H24F2N4O4. The predicted molar refractivity (Wildman–Crippen MR) is 128 cm³/mol. The second-order valence-electron chi connectivity index (χ2n) is 7.88. The maximum atomic E-state index is 14.3. The lowest BCUT2D eigenvalue weighted by Gasteiger charge is -2.18. The summed E-state index contributed by atoms with van der Waals surface area (Å²) in [5.41, 5.74) is 8.38. The van der Waals surface area contributed by atoms with E-state index in [1.807, 2.05) is 0 Å². The summed E-state index contributed by atoms with van der Waals surface area (Å²) in [6, 6.07) is 8.82. The number of amides is 1. The fraction of sp³-hybridized carbons (Fsp3) is 0.200. The number of hydrogen-bond donors (Lipinski definition) is 2. The Bertz CT molecular complexity index is 1410. The van der Waals surface area contributed by atoms with E-state index >= 15 is 0 Å². The number of aryl methyl sites for hydroxylation is 2. The zero-order chi connectivity index (χ0) is 25.3. The van der Waals surface area contributed by atoms with Crippen molar-refractivity contribution in [2.45, 2.75) is 13.8 Å². The quantitative estimate of drug-likeness (QED) is 0.383. The molecule has 0 fully saturated rings. The molecule has 3 N–H and O–H groups in total. The van der Waals surface area contributed by atoms with E-state index in [2.05, 4.69) is 5.32 Å². The molecule has 0 aliphatic heterocycles. The molecule has 0 radical (unpaired) electrons. The van der Waals surface area contributed by atoms with Gasteiger partial charge in [-0.3, -0.25) is 9.20 Å². The number of imidazole rings is 1. The number of rotatable bonds is 8. The number of methoxy groups -OCH3 is 2. The molecule has 2 aromatic carbocycles. The zero-order valence-electron chi connectivity index (χ0n) is 19.6. The fourth-order valence-electron chi connectivity index (χ4n) is 3.88. The largest absolute Gasteiger partial charge is 0.496 e. The Balaban J connectivity index is 2.01. The number of nitrogens with two attached hydrogens (primary N) is 1. The second kappa shape index (κ2) is 9.49. The Kier molecular flexibility index (Phi) is 6.46. The molecule has 0 bridgehead atoms. The molecule has 0 aliphatic carbocycles. The molecule has 4 rings (SSSR count). The molecule has 0 aliphatic rings. The number of fused-ring (bicyclic) bond motifs is 1. The second-order valence-corrected chi connectivity index (χ2v) is 7.88. The monoisotopic (exact) mass is 482 g/mol. The van der Waals surface area contributed by atoms with Crippen LogP contribution >= 0.6 is 0 Å². The van der Waals surface area contributed by atoms with Crippen LogP contribution in [0.3, 0.4) is 0 Å². The Morgan fingerprint density at radius 3 is 2.34 bits per heavy atom. The number of benzene rings is 2. The van der Waals surface area contributed by atoms with Crippen LogP contribution in [0.5, 0.6) is 17.2 Å². The van der Waals surface area contributed by atoms with Crippen molar-refractivity contribution >= 4 is 23.1 Å². The highest BCUT2D eigenvalue weighted by atomic mass is 19.1. The Labute approximate surface area is 200 Å². The van der Waals surface area contributed by atoms with Gasteiger partial charge in [-0.15, -0.1) is 0 Å². The lowest BCUT2D eigenvalue weighted by molar-refractivity contribution is -0.119. The third-order valence-corrected chi connectivity index (χ3v) is 5.43. The van der Waals surface area contributed by atoms with Gasteiger partial charge in [-0.05, 0) is 49.2 Å². The molecule has 1 amide bonds. The van der Waals surface area contributed by atoms with Gasteiger partial charge in [0, 0.05) is 24.0 Å². The molecule has 0 spiro atoms. The van der Waals surface area contributed by atoms with Gasteiger partial charge in [-0.1, -0.05) is 0 Å². The number of hydrogen-bond acceptors (Lipinski definition) is 6. The summed E-state index contributed by atoms with van der Waals surface area (Å²) >= 11 is 0. The van der Waals surface area contributed by atoms with Gasteiger partial charge in [0.15, 0.2) is 6.61 Å². The van der Waals surface area contributed by atoms with Crippen molar-refractivity contribution in [2.75, 3.05) is 26.1 Å². The molecule has 8 nitrogen and oxygen atoms in total. The molecule has 2 heterocycles. The van der Waals surface area contributed by atoms with E-state index in [0.717, 1.165) is 0 Å². The topological polar surface area (TPSA) is 100 Å². The normalized spacial score (nSPS) is 10.9. The van der Waals surface area contributed by atoms with Crippen molar-refractivity contribution in [2.24, 2.45) is 5.73 Å². The highest BCUT2D eigenvalue weighted by molar-refractivity contribution is 5.88. The van der Waals surface area contributed by atoms with Crippen molar-refractivity contribution in [1.82, 2.24) is 9.38 Å². The molecule has 0 unspecified atom stereocenters. The third-order valence-electron chi connectivity index (χ3n) is 5.43. The molecule has 35 heavy (non-hydrogen) atoms. The van der Waals surface area contributed by atoms with Crippen LogP contribution in [-0.4, -0.2) is 36.1 Å². The molecule has 0 saturated carbocycles. The number of pyridine rings is 1. The molecule has 10 heteroatoms. The maximum Gasteiger partial charge on any atom is 0.255 e. The summed E-state index contributed by atoms with van der Waals surface area (Å²) < 4.78 is 46.4. The van der Waals surface area contributed by atoms with Crippen molar-refractivity contribution in [1.29, 1.82) is 0 Å². The highest BCUT2D eigenvalue weighted by Gasteiger charge is 2.25. The minimum atomic E-state index is -0.675. The number of anilines is 2. The van der Waals surface area contributed by atoms with E-state index < -0.39 is 18.3 Å². The predicted octanol–water partition coefficient (Wildman–Crippen LogP) is 4.52. The Morgan fingerprint density at radius 1 is 1.03 bits per heavy atom. The van der Waals surface area contributed by atoms with Gasteiger partial charge in [0.1, 0.15) is 46.0 Å². The van der Waals surface area contributed by atoms with Crippen molar-refractivity contribution in [3.05, 3.63) is 65.4 Å². The van der Waals surface area contributed by atoms with Crippen LogP contribution in [0, 0.1) is 25.5 Å². The van der Waals surface area contributed by atoms with Gasteiger partial charge in [-0.25, -0.2) is 13.8 Å². The highest BCUT2D eigenvalue weighted by Crippen LogP contribution is 2.45. The first kappa shape index (κ1) is 23.8. The van der Waals surface area contributed by atoms with E-state index in [1.165, 1.54) is 49.1 Å². The van der Waals surface area contributed by atoms with Crippen molar-refractivity contribution in [3.8, 4) is 28.5 Å². The van der Waals surface area contributed by atoms with E-state index in [1.54, 1.807) is 26.0 Å². The number of nitrogens with zero attached hydrogens (tertiary/aromatic N) is 2. The molecule has 0 atom stereocenters. The molecule has 182 valence electrons. The Hall–Kier alpha value is -4.34. The molecule has 4 aromatic rings. The van der Waals surface area contributed by atoms with Gasteiger partial charge in [0.25, 0.3) is 5.91 Å². The first-order valence-corrected chi connectivity index (χ1v) is 10.6. The average Bonchev–Trinajstić information content (AvgIpc) is 3.15. The van der Waals surface area contributed by atoms with E-state index in [-0.39, 0.29) is 11.6 Å². The van der Waals surface area contributed by atoms with Crippen LogP contribution < -0.4 is 25.3 Å². The maximum absolute atomic E-state index is 14.3. The number of nitrogens with one attached hydrogen (secondary N) is 1. The average molecular weight is 482 g/mol. The van der Waals surface area contributed by atoms with Gasteiger partial charge in [0.2, 0.25) is 0 Å². The summed E-state index contributed by atoms with van der Waals surface area (Å²) in [5.74, 6) is -0.171. The number of primary amides is 1. The van der Waals surface area contributed by atoms with E-state index in [0.29, 0.717) is 51.0 Å². The first-order valence-electron chi connectivity index (χ1n) is 10.6. The van der Waals surface area contributed by atoms with Crippen LogP contribution in [0.25, 0.3) is 16.9 Å². The summed E-state index contributed by atoms with van der Waals surface area (Å²) in [6.45, 7) is 3.12. The van der Waals surface area contributed by atoms with Crippen LogP contribution in [0.15, 0.2) is 42.6 Å². The first-order chi connectivity index (χ1) is 16.7. The number of halogens is 2. The Morgan fingerprint density at radius 2 is 1.71 bits per heavy atom. The van der Waals surface area contributed by atoms with Gasteiger partial charge in [0.05, 0.1) is 19.8 Å². The van der Waals surface area contributed by atoms with Crippen LogP contribution in [-0.2, 0) is 4.79 Å². The lowest BCUT2D eigenvalue weighted by atomic mass is 10.1. The van der Waals surface area contributed by atoms with Gasteiger partial charge >= 0.3 is 0 Å². The van der Waals surface area contributed by atoms with Crippen molar-refractivity contribution in [3.63, 3.8) is 0 Å². The number of carbonyl (C=O) groups is 1. The van der Waals surface area contributed by atoms with E-state index in [9.17, 15) is 13.6 Å². The summed E-state index contributed by atoms with van der Waals surface area (Å²) in [6.07, 6.45) is 1.28. The van der Waals surface area contributed by atoms with Crippen LogP contribution in [0.4, 0.5) is 20.3 Å². The SMILES string of the molecule is COc1cc(OC)c(-c2nc3ccc(F)cn3c2Nc2c(C)cc(F)cc2C)c(OCC(N)=O)c1. The van der Waals surface area contributed by atoms with E-state index in [4.69, 9.17) is 24.9 Å². The summed E-state index contributed by atoms with van der Waals surface area (Å²) in [4.78, 5) is 16.1. The fourth-order valence-corrected chi connectivity index (χ4v) is 3.88. The van der Waals surface area contributed by atoms with Gasteiger partial charge in [-0.2, -0.15) is 0 Å².